The molecule has 1 aliphatic heterocycles. The topological polar surface area (TPSA) is 87.8 Å². The zero-order valence-electron chi connectivity index (χ0n) is 11.0. The molecule has 2 heterocycles. The molecule has 0 aliphatic carbocycles. The number of hydrogen-bond acceptors (Lipinski definition) is 6. The van der Waals surface area contributed by atoms with E-state index in [-0.39, 0.29) is 11.7 Å². The maximum absolute atomic E-state index is 10.7. The van der Waals surface area contributed by atoms with Crippen molar-refractivity contribution >= 4 is 5.97 Å². The summed E-state index contributed by atoms with van der Waals surface area (Å²) in [6, 6.07) is 1.73. The maximum Gasteiger partial charge on any atom is 0.358 e. The van der Waals surface area contributed by atoms with Crippen molar-refractivity contribution in [2.75, 3.05) is 32.8 Å². The van der Waals surface area contributed by atoms with Crippen LogP contribution in [0.1, 0.15) is 23.2 Å². The molecule has 0 spiro atoms. The fourth-order valence-corrected chi connectivity index (χ4v) is 2.01. The molecule has 0 bridgehead atoms. The largest absolute Gasteiger partial charge is 0.476 e. The molecule has 0 saturated carbocycles. The molecular weight excluding hydrogens is 250 g/mol. The Hall–Kier alpha value is -1.44. The van der Waals surface area contributed by atoms with Crippen LogP contribution < -0.4 is 5.32 Å². The number of nitrogens with one attached hydrogen (secondary N) is 1. The SMILES string of the molecule is CC(CN1CCOCC1)NCc1cc(C(=O)O)no1. The van der Waals surface area contributed by atoms with Gasteiger partial charge in [0, 0.05) is 31.7 Å². The lowest BCUT2D eigenvalue weighted by atomic mass is 10.2. The molecule has 0 amide bonds. The van der Waals surface area contributed by atoms with E-state index in [0.717, 1.165) is 32.8 Å². The predicted molar refractivity (Wildman–Crippen MR) is 67.0 cm³/mol. The Kier molecular flexibility index (Phi) is 4.89. The number of carboxylic acids is 1. The highest BCUT2D eigenvalue weighted by Crippen LogP contribution is 2.04. The van der Waals surface area contributed by atoms with E-state index < -0.39 is 5.97 Å². The van der Waals surface area contributed by atoms with E-state index >= 15 is 0 Å². The van der Waals surface area contributed by atoms with Crippen LogP contribution in [0.3, 0.4) is 0 Å². The molecule has 1 aromatic heterocycles. The summed E-state index contributed by atoms with van der Waals surface area (Å²) in [7, 11) is 0. The summed E-state index contributed by atoms with van der Waals surface area (Å²) in [5.41, 5.74) is -0.0577. The normalized spacial score (nSPS) is 18.4. The first-order valence-corrected chi connectivity index (χ1v) is 6.37. The highest BCUT2D eigenvalue weighted by Gasteiger charge is 2.15. The van der Waals surface area contributed by atoms with E-state index in [1.807, 2.05) is 0 Å². The molecule has 1 unspecified atom stereocenters. The zero-order chi connectivity index (χ0) is 13.7. The molecule has 1 aromatic rings. The van der Waals surface area contributed by atoms with Gasteiger partial charge in [0.05, 0.1) is 19.8 Å². The minimum absolute atomic E-state index is 0.0577. The number of ether oxygens (including phenoxy) is 1. The molecule has 1 saturated heterocycles. The quantitative estimate of drug-likeness (QED) is 0.761. The van der Waals surface area contributed by atoms with Crippen LogP contribution in [0.5, 0.6) is 0 Å². The Morgan fingerprint density at radius 1 is 1.58 bits per heavy atom. The Balaban J connectivity index is 1.72. The van der Waals surface area contributed by atoms with Gasteiger partial charge in [-0.25, -0.2) is 4.79 Å². The number of aromatic carboxylic acids is 1. The minimum atomic E-state index is -1.07. The third-order valence-corrected chi connectivity index (χ3v) is 3.04. The minimum Gasteiger partial charge on any atom is -0.476 e. The fourth-order valence-electron chi connectivity index (χ4n) is 2.01. The van der Waals surface area contributed by atoms with Crippen LogP contribution >= 0.6 is 0 Å². The molecule has 19 heavy (non-hydrogen) atoms. The predicted octanol–water partition coefficient (Wildman–Crippen LogP) is 0.183. The van der Waals surface area contributed by atoms with Gasteiger partial charge in [-0.2, -0.15) is 0 Å². The average Bonchev–Trinajstić information content (AvgIpc) is 2.86. The Morgan fingerprint density at radius 3 is 2.95 bits per heavy atom. The van der Waals surface area contributed by atoms with Gasteiger partial charge >= 0.3 is 5.97 Å². The molecule has 2 N–H and O–H groups in total. The molecule has 0 aromatic carbocycles. The zero-order valence-corrected chi connectivity index (χ0v) is 11.0. The number of nitrogens with zero attached hydrogens (tertiary/aromatic N) is 2. The second kappa shape index (κ2) is 6.65. The number of hydrogen-bond donors (Lipinski definition) is 2. The van der Waals surface area contributed by atoms with E-state index in [1.165, 1.54) is 6.07 Å². The van der Waals surface area contributed by atoms with Gasteiger partial charge in [-0.3, -0.25) is 4.90 Å². The van der Waals surface area contributed by atoms with E-state index in [1.54, 1.807) is 0 Å². The molecule has 1 aliphatic rings. The molecule has 7 nitrogen and oxygen atoms in total. The number of morpholine rings is 1. The first-order chi connectivity index (χ1) is 9.15. The Bertz CT molecular complexity index is 415. The maximum atomic E-state index is 10.7. The molecule has 106 valence electrons. The van der Waals surface area contributed by atoms with Crippen molar-refractivity contribution in [1.29, 1.82) is 0 Å². The van der Waals surface area contributed by atoms with Gasteiger partial charge < -0.3 is 19.7 Å². The first kappa shape index (κ1) is 14.0. The molecule has 7 heteroatoms. The van der Waals surface area contributed by atoms with Gasteiger partial charge in [-0.15, -0.1) is 0 Å². The van der Waals surface area contributed by atoms with Crippen LogP contribution in [-0.4, -0.2) is 60.0 Å². The van der Waals surface area contributed by atoms with Crippen molar-refractivity contribution in [3.8, 4) is 0 Å². The van der Waals surface area contributed by atoms with Crippen molar-refractivity contribution < 1.29 is 19.2 Å². The van der Waals surface area contributed by atoms with E-state index in [0.29, 0.717) is 12.3 Å². The summed E-state index contributed by atoms with van der Waals surface area (Å²) in [6.45, 7) is 6.99. The fraction of sp³-hybridized carbons (Fsp3) is 0.667. The second-order valence-corrected chi connectivity index (χ2v) is 4.68. The van der Waals surface area contributed by atoms with Crippen LogP contribution in [-0.2, 0) is 11.3 Å². The Labute approximate surface area is 111 Å². The van der Waals surface area contributed by atoms with Crippen LogP contribution in [0, 0.1) is 0 Å². The smallest absolute Gasteiger partial charge is 0.358 e. The number of carbonyl (C=O) groups is 1. The third kappa shape index (κ3) is 4.30. The monoisotopic (exact) mass is 269 g/mol. The summed E-state index contributed by atoms with van der Waals surface area (Å²) in [4.78, 5) is 13.0. The standard InChI is InChI=1S/C12H19N3O4/c1-9(8-15-2-4-18-5-3-15)13-7-10-6-11(12(16)17)14-19-10/h6,9,13H,2-5,7-8H2,1H3,(H,16,17). The van der Waals surface area contributed by atoms with Gasteiger partial charge in [0.2, 0.25) is 0 Å². The number of aromatic nitrogens is 1. The first-order valence-electron chi connectivity index (χ1n) is 6.37. The molecule has 1 fully saturated rings. The van der Waals surface area contributed by atoms with Crippen molar-refractivity contribution in [1.82, 2.24) is 15.4 Å². The molecular formula is C12H19N3O4. The summed E-state index contributed by atoms with van der Waals surface area (Å²) in [6.07, 6.45) is 0. The van der Waals surface area contributed by atoms with Gasteiger partial charge in [0.1, 0.15) is 0 Å². The van der Waals surface area contributed by atoms with E-state index in [4.69, 9.17) is 14.4 Å². The van der Waals surface area contributed by atoms with E-state index in [2.05, 4.69) is 22.3 Å². The summed E-state index contributed by atoms with van der Waals surface area (Å²) in [5.74, 6) is -0.539. The number of carboxylic acid groups (broad SMARTS) is 1. The lowest BCUT2D eigenvalue weighted by Crippen LogP contribution is -2.44. The second-order valence-electron chi connectivity index (χ2n) is 4.68. The third-order valence-electron chi connectivity index (χ3n) is 3.04. The lowest BCUT2D eigenvalue weighted by Gasteiger charge is -2.29. The molecule has 2 rings (SSSR count). The molecule has 1 atom stereocenters. The van der Waals surface area contributed by atoms with Gasteiger partial charge in [0.15, 0.2) is 11.5 Å². The van der Waals surface area contributed by atoms with Crippen LogP contribution in [0.15, 0.2) is 10.6 Å². The Morgan fingerprint density at radius 2 is 2.32 bits per heavy atom. The van der Waals surface area contributed by atoms with Crippen LogP contribution in [0.4, 0.5) is 0 Å². The van der Waals surface area contributed by atoms with E-state index in [9.17, 15) is 4.79 Å². The molecule has 0 radical (unpaired) electrons. The van der Waals surface area contributed by atoms with Crippen molar-refractivity contribution in [2.24, 2.45) is 0 Å². The summed E-state index contributed by atoms with van der Waals surface area (Å²) >= 11 is 0. The average molecular weight is 269 g/mol. The van der Waals surface area contributed by atoms with Crippen molar-refractivity contribution in [3.05, 3.63) is 17.5 Å². The summed E-state index contributed by atoms with van der Waals surface area (Å²) in [5, 5.41) is 15.5. The van der Waals surface area contributed by atoms with Crippen molar-refractivity contribution in [2.45, 2.75) is 19.5 Å². The highest BCUT2D eigenvalue weighted by atomic mass is 16.5. The van der Waals surface area contributed by atoms with Crippen LogP contribution in [0.25, 0.3) is 0 Å². The highest BCUT2D eigenvalue weighted by molar-refractivity contribution is 5.85. The van der Waals surface area contributed by atoms with Crippen LogP contribution in [0.2, 0.25) is 0 Å². The lowest BCUT2D eigenvalue weighted by molar-refractivity contribution is 0.0342. The van der Waals surface area contributed by atoms with Crippen molar-refractivity contribution in [3.63, 3.8) is 0 Å². The van der Waals surface area contributed by atoms with Gasteiger partial charge in [0.25, 0.3) is 0 Å². The van der Waals surface area contributed by atoms with Gasteiger partial charge in [-0.05, 0) is 6.92 Å². The summed E-state index contributed by atoms with van der Waals surface area (Å²) < 4.78 is 10.2. The van der Waals surface area contributed by atoms with Gasteiger partial charge in [-0.1, -0.05) is 5.16 Å². The number of rotatable bonds is 6.